The summed E-state index contributed by atoms with van der Waals surface area (Å²) < 4.78 is 0. The predicted octanol–water partition coefficient (Wildman–Crippen LogP) is 3.87. The molecule has 0 aliphatic carbocycles. The Morgan fingerprint density at radius 3 is 2.25 bits per heavy atom. The van der Waals surface area contributed by atoms with Gasteiger partial charge in [0.2, 0.25) is 0 Å². The van der Waals surface area contributed by atoms with Crippen LogP contribution in [0.25, 0.3) is 0 Å². The number of hydrogen-bond acceptors (Lipinski definition) is 3. The summed E-state index contributed by atoms with van der Waals surface area (Å²) in [7, 11) is 0. The largest absolute Gasteiger partial charge is 0.342 e. The average Bonchev–Trinajstić information content (AvgIpc) is 2.12. The summed E-state index contributed by atoms with van der Waals surface area (Å²) in [5, 5.41) is 0. The number of carbonyl (C=O) groups excluding carboxylic acids is 1. The van der Waals surface area contributed by atoms with Gasteiger partial charge in [-0.3, -0.25) is 4.89 Å². The summed E-state index contributed by atoms with van der Waals surface area (Å²) in [5.74, 6) is -0.260. The molecule has 0 N–H and O–H groups in total. The first-order chi connectivity index (χ1) is 7.31. The highest BCUT2D eigenvalue weighted by molar-refractivity contribution is 5.68. The zero-order chi connectivity index (χ0) is 12.6. The third-order valence-electron chi connectivity index (χ3n) is 2.14. The van der Waals surface area contributed by atoms with E-state index in [4.69, 9.17) is 4.89 Å². The molecular formula is C13H26O3. The minimum absolute atomic E-state index is 0.0650. The van der Waals surface area contributed by atoms with E-state index in [0.717, 1.165) is 12.8 Å². The number of hydrogen-bond donors (Lipinski definition) is 0. The van der Waals surface area contributed by atoms with Crippen LogP contribution in [0.4, 0.5) is 0 Å². The summed E-state index contributed by atoms with van der Waals surface area (Å²) in [6, 6.07) is 0. The molecule has 16 heavy (non-hydrogen) atoms. The van der Waals surface area contributed by atoms with Crippen LogP contribution in [-0.2, 0) is 14.6 Å². The number of unbranched alkanes of at least 4 members (excludes halogenated alkanes) is 2. The molecule has 3 nitrogen and oxygen atoms in total. The summed E-state index contributed by atoms with van der Waals surface area (Å²) in [5.41, 5.74) is 0.390. The molecular weight excluding hydrogens is 204 g/mol. The van der Waals surface area contributed by atoms with Gasteiger partial charge in [-0.1, -0.05) is 33.6 Å². The van der Waals surface area contributed by atoms with Crippen LogP contribution in [-0.4, -0.2) is 12.1 Å². The molecule has 0 spiro atoms. The van der Waals surface area contributed by atoms with Crippen molar-refractivity contribution in [1.82, 2.24) is 0 Å². The molecule has 0 radical (unpaired) electrons. The zero-order valence-corrected chi connectivity index (χ0v) is 11.3. The molecule has 0 aliphatic rings. The molecule has 0 aromatic rings. The topological polar surface area (TPSA) is 35.5 Å². The monoisotopic (exact) mass is 230 g/mol. The van der Waals surface area contributed by atoms with E-state index in [0.29, 0.717) is 11.8 Å². The van der Waals surface area contributed by atoms with E-state index < -0.39 is 0 Å². The van der Waals surface area contributed by atoms with Crippen molar-refractivity contribution in [1.29, 1.82) is 0 Å². The maximum atomic E-state index is 11.2. The Balaban J connectivity index is 3.35. The third-order valence-corrected chi connectivity index (χ3v) is 2.14. The maximum Gasteiger partial charge on any atom is 0.342 e. The van der Waals surface area contributed by atoms with Gasteiger partial charge in [-0.2, -0.15) is 4.89 Å². The Labute approximate surface area is 99.4 Å². The second kappa shape index (κ2) is 7.66. The van der Waals surface area contributed by atoms with Gasteiger partial charge in [-0.25, -0.2) is 4.79 Å². The van der Waals surface area contributed by atoms with Crippen LogP contribution in [0.15, 0.2) is 0 Å². The summed E-state index contributed by atoms with van der Waals surface area (Å²) in [6.07, 6.45) is 4.72. The van der Waals surface area contributed by atoms with Crippen molar-refractivity contribution in [3.05, 3.63) is 0 Å². The van der Waals surface area contributed by atoms with Crippen LogP contribution < -0.4 is 0 Å². The highest BCUT2D eigenvalue weighted by atomic mass is 17.2. The third kappa shape index (κ3) is 11.5. The lowest BCUT2D eigenvalue weighted by Gasteiger charge is -2.17. The Kier molecular flexibility index (Phi) is 7.39. The molecule has 0 atom stereocenters. The van der Waals surface area contributed by atoms with Crippen molar-refractivity contribution in [2.45, 2.75) is 72.8 Å². The van der Waals surface area contributed by atoms with Gasteiger partial charge < -0.3 is 0 Å². The highest BCUT2D eigenvalue weighted by Crippen LogP contribution is 2.22. The van der Waals surface area contributed by atoms with Crippen molar-refractivity contribution in [2.24, 2.45) is 5.41 Å². The van der Waals surface area contributed by atoms with Gasteiger partial charge in [-0.05, 0) is 32.1 Å². The molecule has 0 unspecified atom stereocenters. The number of carbonyl (C=O) groups is 1. The Hall–Kier alpha value is -0.570. The molecule has 0 fully saturated rings. The first-order valence-electron chi connectivity index (χ1n) is 6.17. The van der Waals surface area contributed by atoms with Gasteiger partial charge in [0.1, 0.15) is 0 Å². The van der Waals surface area contributed by atoms with Crippen molar-refractivity contribution >= 4 is 5.97 Å². The molecule has 0 heterocycles. The van der Waals surface area contributed by atoms with Gasteiger partial charge in [0.05, 0.1) is 6.10 Å². The summed E-state index contributed by atoms with van der Waals surface area (Å²) in [4.78, 5) is 20.5. The van der Waals surface area contributed by atoms with E-state index in [-0.39, 0.29) is 12.1 Å². The standard InChI is InChI=1S/C13H26O3/c1-11(2)15-16-12(14)9-7-6-8-10-13(3,4)5/h11H,6-10H2,1-5H3. The second-order valence-corrected chi connectivity index (χ2v) is 5.72. The van der Waals surface area contributed by atoms with E-state index in [1.807, 2.05) is 13.8 Å². The number of rotatable bonds is 7. The smallest absolute Gasteiger partial charge is 0.298 e. The molecule has 0 rings (SSSR count). The van der Waals surface area contributed by atoms with Crippen LogP contribution in [0.5, 0.6) is 0 Å². The molecule has 0 aromatic heterocycles. The van der Waals surface area contributed by atoms with E-state index in [9.17, 15) is 4.79 Å². The average molecular weight is 230 g/mol. The normalized spacial score (nSPS) is 11.9. The van der Waals surface area contributed by atoms with Gasteiger partial charge in [0.15, 0.2) is 0 Å². The lowest BCUT2D eigenvalue weighted by molar-refractivity contribution is -0.291. The predicted molar refractivity (Wildman–Crippen MR) is 64.9 cm³/mol. The molecule has 96 valence electrons. The Morgan fingerprint density at radius 1 is 1.12 bits per heavy atom. The van der Waals surface area contributed by atoms with Crippen LogP contribution >= 0.6 is 0 Å². The lowest BCUT2D eigenvalue weighted by atomic mass is 9.89. The zero-order valence-electron chi connectivity index (χ0n) is 11.3. The van der Waals surface area contributed by atoms with E-state index in [2.05, 4.69) is 25.7 Å². The van der Waals surface area contributed by atoms with Crippen LogP contribution in [0.3, 0.4) is 0 Å². The van der Waals surface area contributed by atoms with Gasteiger partial charge in [0, 0.05) is 6.42 Å². The fraction of sp³-hybridized carbons (Fsp3) is 0.923. The van der Waals surface area contributed by atoms with Gasteiger partial charge in [-0.15, -0.1) is 0 Å². The summed E-state index contributed by atoms with van der Waals surface area (Å²) in [6.45, 7) is 10.4. The minimum atomic E-state index is -0.260. The first kappa shape index (κ1) is 15.4. The van der Waals surface area contributed by atoms with Crippen LogP contribution in [0, 0.1) is 5.41 Å². The molecule has 0 bridgehead atoms. The molecule has 3 heteroatoms. The van der Waals surface area contributed by atoms with Crippen molar-refractivity contribution < 1.29 is 14.6 Å². The molecule has 0 amide bonds. The fourth-order valence-corrected chi connectivity index (χ4v) is 1.29. The van der Waals surface area contributed by atoms with Crippen LogP contribution in [0.2, 0.25) is 0 Å². The van der Waals surface area contributed by atoms with Crippen molar-refractivity contribution in [2.75, 3.05) is 0 Å². The van der Waals surface area contributed by atoms with Crippen LogP contribution in [0.1, 0.15) is 66.7 Å². The quantitative estimate of drug-likeness (QED) is 0.378. The van der Waals surface area contributed by atoms with Crippen molar-refractivity contribution in [3.63, 3.8) is 0 Å². The molecule has 0 aliphatic heterocycles. The maximum absolute atomic E-state index is 11.2. The van der Waals surface area contributed by atoms with E-state index in [1.54, 1.807) is 0 Å². The Bertz CT molecular complexity index is 192. The van der Waals surface area contributed by atoms with Crippen molar-refractivity contribution in [3.8, 4) is 0 Å². The fourth-order valence-electron chi connectivity index (χ4n) is 1.29. The Morgan fingerprint density at radius 2 is 1.75 bits per heavy atom. The lowest BCUT2D eigenvalue weighted by Crippen LogP contribution is -2.10. The molecule has 0 saturated heterocycles. The second-order valence-electron chi connectivity index (χ2n) is 5.72. The van der Waals surface area contributed by atoms with Gasteiger partial charge >= 0.3 is 5.97 Å². The van der Waals surface area contributed by atoms with E-state index >= 15 is 0 Å². The van der Waals surface area contributed by atoms with E-state index in [1.165, 1.54) is 12.8 Å². The molecule has 0 saturated carbocycles. The minimum Gasteiger partial charge on any atom is -0.298 e. The molecule has 0 aromatic carbocycles. The highest BCUT2D eigenvalue weighted by Gasteiger charge is 2.10. The SMILES string of the molecule is CC(C)OOC(=O)CCCCCC(C)(C)C. The first-order valence-corrected chi connectivity index (χ1v) is 6.17. The van der Waals surface area contributed by atoms with Gasteiger partial charge in [0.25, 0.3) is 0 Å². The summed E-state index contributed by atoms with van der Waals surface area (Å²) >= 11 is 0.